The molecule has 2 heterocycles. The van der Waals surface area contributed by atoms with Crippen LogP contribution in [0.3, 0.4) is 0 Å². The molecule has 6 nitrogen and oxygen atoms in total. The highest BCUT2D eigenvalue weighted by Gasteiger charge is 2.32. The minimum atomic E-state index is -3.54. The molecule has 2 aliphatic heterocycles. The van der Waals surface area contributed by atoms with Gasteiger partial charge in [-0.25, -0.2) is 16.8 Å². The summed E-state index contributed by atoms with van der Waals surface area (Å²) in [5.41, 5.74) is 6.78. The maximum absolute atomic E-state index is 13.4. The van der Waals surface area contributed by atoms with Gasteiger partial charge in [-0.2, -0.15) is 8.61 Å². The number of benzene rings is 2. The number of hydrogen-bond donors (Lipinski definition) is 0. The van der Waals surface area contributed by atoms with Gasteiger partial charge in [-0.1, -0.05) is 70.8 Å². The molecule has 5 rings (SSSR count). The first kappa shape index (κ1) is 30.7. The third kappa shape index (κ3) is 7.05. The molecule has 0 spiro atoms. The van der Waals surface area contributed by atoms with Gasteiger partial charge < -0.3 is 0 Å². The lowest BCUT2D eigenvalue weighted by atomic mass is 10.0. The van der Waals surface area contributed by atoms with Crippen LogP contribution in [0.4, 0.5) is 0 Å². The van der Waals surface area contributed by atoms with Crippen molar-refractivity contribution in [2.24, 2.45) is 0 Å². The standard InChI is InChI=1S/C34H42N2O4S2/c1-27-15-19-33(20-16-27)41(37,38)35-23-29-11-7-3-5-9-13-31-25-36(42(39,40)34-21-17-28(2)18-22-34)26-32(31)14-10-6-4-8-12-30(29)24-35/h7,10-11,14-22H,3-6,8-9,12-13,23-26H2,1-2H3/b11-7+,14-10+. The highest BCUT2D eigenvalue weighted by Crippen LogP contribution is 2.31. The van der Waals surface area contributed by atoms with Gasteiger partial charge in [-0.05, 0) is 101 Å². The highest BCUT2D eigenvalue weighted by molar-refractivity contribution is 7.89. The fraction of sp³-hybridized carbons (Fsp3) is 0.412. The van der Waals surface area contributed by atoms with Crippen molar-refractivity contribution in [2.75, 3.05) is 26.2 Å². The second-order valence-electron chi connectivity index (χ2n) is 11.7. The summed E-state index contributed by atoms with van der Waals surface area (Å²) in [7, 11) is -7.08. The van der Waals surface area contributed by atoms with Crippen molar-refractivity contribution in [3.05, 3.63) is 106 Å². The van der Waals surface area contributed by atoms with Crippen LogP contribution in [-0.4, -0.2) is 51.6 Å². The molecule has 0 fully saturated rings. The van der Waals surface area contributed by atoms with Crippen LogP contribution in [0.15, 0.2) is 105 Å². The topological polar surface area (TPSA) is 74.8 Å². The minimum absolute atomic E-state index is 0.354. The second kappa shape index (κ2) is 13.2. The first-order valence-corrected chi connectivity index (χ1v) is 17.9. The fourth-order valence-corrected chi connectivity index (χ4v) is 8.70. The zero-order chi connectivity index (χ0) is 29.7. The van der Waals surface area contributed by atoms with Crippen molar-refractivity contribution < 1.29 is 16.8 Å². The Balaban J connectivity index is 1.24. The lowest BCUT2D eigenvalue weighted by Gasteiger charge is -2.17. The molecule has 0 N–H and O–H groups in total. The molecule has 224 valence electrons. The van der Waals surface area contributed by atoms with Crippen LogP contribution in [0.1, 0.15) is 62.5 Å². The SMILES string of the molecule is Cc1ccc(S(=O)(=O)N2CC3=C(CCCC/C=C/C4=C(CCCC/C=C/3)CN(S(=O)(=O)c3ccc(C)cc3)C4)C2)cc1. The lowest BCUT2D eigenvalue weighted by Crippen LogP contribution is -2.29. The molecule has 2 aromatic carbocycles. The van der Waals surface area contributed by atoms with E-state index in [1.54, 1.807) is 32.9 Å². The van der Waals surface area contributed by atoms with E-state index in [0.29, 0.717) is 36.0 Å². The van der Waals surface area contributed by atoms with Gasteiger partial charge in [0.05, 0.1) is 9.79 Å². The first-order chi connectivity index (χ1) is 20.1. The molecule has 0 amide bonds. The Hall–Kier alpha value is -2.78. The maximum atomic E-state index is 13.4. The molecule has 0 bridgehead atoms. The predicted octanol–water partition coefficient (Wildman–Crippen LogP) is 6.85. The number of rotatable bonds is 4. The zero-order valence-electron chi connectivity index (χ0n) is 24.8. The van der Waals surface area contributed by atoms with Crippen LogP contribution in [0.2, 0.25) is 0 Å². The van der Waals surface area contributed by atoms with Gasteiger partial charge in [0.1, 0.15) is 0 Å². The van der Waals surface area contributed by atoms with E-state index in [1.165, 1.54) is 11.1 Å². The largest absolute Gasteiger partial charge is 0.243 e. The average Bonchev–Trinajstić information content (AvgIpc) is 3.57. The van der Waals surface area contributed by atoms with Crippen molar-refractivity contribution in [2.45, 2.75) is 75.0 Å². The Morgan fingerprint density at radius 2 is 0.905 bits per heavy atom. The molecule has 3 aliphatic rings. The summed E-state index contributed by atoms with van der Waals surface area (Å²) in [6.07, 6.45) is 16.2. The van der Waals surface area contributed by atoms with Crippen LogP contribution in [0, 0.1) is 13.8 Å². The normalized spacial score (nSPS) is 21.8. The summed E-state index contributed by atoms with van der Waals surface area (Å²) in [6, 6.07) is 14.2. The van der Waals surface area contributed by atoms with Crippen molar-refractivity contribution in [1.82, 2.24) is 8.61 Å². The average molecular weight is 607 g/mol. The number of allylic oxidation sites excluding steroid dienone is 2. The summed E-state index contributed by atoms with van der Waals surface area (Å²) < 4.78 is 56.7. The molecule has 42 heavy (non-hydrogen) atoms. The second-order valence-corrected chi connectivity index (χ2v) is 15.6. The Bertz CT molecular complexity index is 1490. The van der Waals surface area contributed by atoms with Crippen LogP contribution in [0.25, 0.3) is 0 Å². The molecule has 0 unspecified atom stereocenters. The Labute approximate surface area is 252 Å². The van der Waals surface area contributed by atoms with E-state index in [2.05, 4.69) is 24.3 Å². The van der Waals surface area contributed by atoms with E-state index >= 15 is 0 Å². The van der Waals surface area contributed by atoms with E-state index < -0.39 is 20.0 Å². The third-order valence-electron chi connectivity index (χ3n) is 8.49. The van der Waals surface area contributed by atoms with Crippen molar-refractivity contribution in [1.29, 1.82) is 0 Å². The van der Waals surface area contributed by atoms with Gasteiger partial charge in [-0.3, -0.25) is 0 Å². The molecule has 2 aromatic rings. The number of aryl methyl sites for hydroxylation is 2. The molecule has 1 aliphatic carbocycles. The van der Waals surface area contributed by atoms with Gasteiger partial charge in [0, 0.05) is 26.2 Å². The smallest absolute Gasteiger partial charge is 0.207 e. The van der Waals surface area contributed by atoms with Crippen molar-refractivity contribution in [3.8, 4) is 0 Å². The van der Waals surface area contributed by atoms with Gasteiger partial charge in [-0.15, -0.1) is 0 Å². The van der Waals surface area contributed by atoms with E-state index in [4.69, 9.17) is 0 Å². The molecule has 0 aromatic heterocycles. The Morgan fingerprint density at radius 3 is 1.29 bits per heavy atom. The summed E-state index contributed by atoms with van der Waals surface area (Å²) >= 11 is 0. The van der Waals surface area contributed by atoms with E-state index in [9.17, 15) is 16.8 Å². The maximum Gasteiger partial charge on any atom is 0.243 e. The van der Waals surface area contributed by atoms with E-state index in [1.807, 2.05) is 38.1 Å². The van der Waals surface area contributed by atoms with Crippen molar-refractivity contribution in [3.63, 3.8) is 0 Å². The van der Waals surface area contributed by atoms with Crippen LogP contribution in [0.5, 0.6) is 0 Å². The molecule has 0 atom stereocenters. The first-order valence-electron chi connectivity index (χ1n) is 15.0. The summed E-state index contributed by atoms with van der Waals surface area (Å²) in [5.74, 6) is 0. The Kier molecular flexibility index (Phi) is 9.67. The van der Waals surface area contributed by atoms with Gasteiger partial charge >= 0.3 is 0 Å². The molecule has 0 radical (unpaired) electrons. The van der Waals surface area contributed by atoms with E-state index in [-0.39, 0.29) is 0 Å². The monoisotopic (exact) mass is 606 g/mol. The Morgan fingerprint density at radius 1 is 0.524 bits per heavy atom. The van der Waals surface area contributed by atoms with Crippen molar-refractivity contribution >= 4 is 20.0 Å². The summed E-state index contributed by atoms with van der Waals surface area (Å²) in [5, 5.41) is 0. The molecular weight excluding hydrogens is 565 g/mol. The summed E-state index contributed by atoms with van der Waals surface area (Å²) in [4.78, 5) is 0.707. The van der Waals surface area contributed by atoms with Crippen LogP contribution >= 0.6 is 0 Å². The van der Waals surface area contributed by atoms with Gasteiger partial charge in [0.15, 0.2) is 0 Å². The lowest BCUT2D eigenvalue weighted by molar-refractivity contribution is 0.478. The predicted molar refractivity (Wildman–Crippen MR) is 169 cm³/mol. The molecular formula is C34H42N2O4S2. The zero-order valence-corrected chi connectivity index (χ0v) is 26.4. The molecule has 8 heteroatoms. The fourth-order valence-electron chi connectivity index (χ4n) is 5.88. The van der Waals surface area contributed by atoms with Gasteiger partial charge in [0.25, 0.3) is 0 Å². The summed E-state index contributed by atoms with van der Waals surface area (Å²) in [6.45, 7) is 5.66. The van der Waals surface area contributed by atoms with Gasteiger partial charge in [0.2, 0.25) is 20.0 Å². The quantitative estimate of drug-likeness (QED) is 0.382. The van der Waals surface area contributed by atoms with Crippen LogP contribution < -0.4 is 0 Å². The van der Waals surface area contributed by atoms with Crippen LogP contribution in [-0.2, 0) is 20.0 Å². The van der Waals surface area contributed by atoms with E-state index in [0.717, 1.165) is 73.6 Å². The molecule has 0 saturated heterocycles. The number of sulfonamides is 2. The third-order valence-corrected chi connectivity index (χ3v) is 12.1. The highest BCUT2D eigenvalue weighted by atomic mass is 32.2. The number of hydrogen-bond acceptors (Lipinski definition) is 4. The number of nitrogens with zero attached hydrogens (tertiary/aromatic N) is 2. The molecule has 0 saturated carbocycles. The minimum Gasteiger partial charge on any atom is -0.207 e.